The number of nitrogens with one attached hydrogen (secondary N) is 1. The third-order valence-electron chi connectivity index (χ3n) is 3.44. The monoisotopic (exact) mass is 357 g/mol. The van der Waals surface area contributed by atoms with Crippen LogP contribution in [-0.4, -0.2) is 28.0 Å². The first-order valence-electron chi connectivity index (χ1n) is 7.52. The molecule has 0 aliphatic carbocycles. The number of hydrogen-bond acceptors (Lipinski definition) is 6. The standard InChI is InChI=1S/C17H15N3O4S/c21-14(9-20-11-19-16-13(17(20)23)6-7-25-16)18-8-15(22)24-10-12-4-2-1-3-5-12/h1-7,11H,8-10H2,(H,18,21). The number of carbonyl (C=O) groups is 2. The molecule has 25 heavy (non-hydrogen) atoms. The lowest BCUT2D eigenvalue weighted by molar-refractivity contribution is -0.145. The highest BCUT2D eigenvalue weighted by Gasteiger charge is 2.10. The average molecular weight is 357 g/mol. The summed E-state index contributed by atoms with van der Waals surface area (Å²) in [6, 6.07) is 10.9. The van der Waals surface area contributed by atoms with Crippen molar-refractivity contribution in [1.82, 2.24) is 14.9 Å². The minimum atomic E-state index is -0.545. The van der Waals surface area contributed by atoms with Gasteiger partial charge in [-0.25, -0.2) is 4.98 Å². The zero-order valence-electron chi connectivity index (χ0n) is 13.2. The molecule has 2 aromatic heterocycles. The Morgan fingerprint density at radius 3 is 2.80 bits per heavy atom. The van der Waals surface area contributed by atoms with E-state index < -0.39 is 11.9 Å². The van der Waals surface area contributed by atoms with Crippen molar-refractivity contribution in [2.24, 2.45) is 0 Å². The van der Waals surface area contributed by atoms with Crippen LogP contribution in [0.3, 0.4) is 0 Å². The zero-order valence-corrected chi connectivity index (χ0v) is 14.0. The number of nitrogens with zero attached hydrogens (tertiary/aromatic N) is 2. The van der Waals surface area contributed by atoms with Gasteiger partial charge in [-0.05, 0) is 17.0 Å². The van der Waals surface area contributed by atoms with Crippen molar-refractivity contribution in [3.63, 3.8) is 0 Å². The van der Waals surface area contributed by atoms with E-state index in [1.54, 1.807) is 11.4 Å². The second kappa shape index (κ2) is 7.71. The molecule has 0 fully saturated rings. The molecule has 1 amide bonds. The predicted octanol–water partition coefficient (Wildman–Crippen LogP) is 1.32. The number of carbonyl (C=O) groups excluding carboxylic acids is 2. The Hall–Kier alpha value is -3.00. The van der Waals surface area contributed by atoms with Gasteiger partial charge in [0, 0.05) is 0 Å². The number of esters is 1. The predicted molar refractivity (Wildman–Crippen MR) is 93.1 cm³/mol. The fraction of sp³-hybridized carbons (Fsp3) is 0.176. The van der Waals surface area contributed by atoms with Crippen LogP contribution in [-0.2, 0) is 27.5 Å². The molecule has 0 bridgehead atoms. The zero-order chi connectivity index (χ0) is 17.6. The van der Waals surface area contributed by atoms with Gasteiger partial charge in [0.2, 0.25) is 5.91 Å². The molecule has 3 aromatic rings. The van der Waals surface area contributed by atoms with Gasteiger partial charge in [0.15, 0.2) is 0 Å². The van der Waals surface area contributed by atoms with Crippen LogP contribution in [0.4, 0.5) is 0 Å². The molecule has 8 heteroatoms. The van der Waals surface area contributed by atoms with E-state index in [1.165, 1.54) is 22.2 Å². The molecule has 0 unspecified atom stereocenters. The number of ether oxygens (including phenoxy) is 1. The number of hydrogen-bond donors (Lipinski definition) is 1. The Bertz CT molecular complexity index is 949. The van der Waals surface area contributed by atoms with E-state index in [0.29, 0.717) is 10.2 Å². The maximum atomic E-state index is 12.2. The van der Waals surface area contributed by atoms with Crippen LogP contribution < -0.4 is 10.9 Å². The number of benzene rings is 1. The number of rotatable bonds is 6. The molecule has 0 spiro atoms. The second-order valence-electron chi connectivity index (χ2n) is 5.24. The van der Waals surface area contributed by atoms with Gasteiger partial charge >= 0.3 is 5.97 Å². The molecule has 7 nitrogen and oxygen atoms in total. The van der Waals surface area contributed by atoms with Crippen molar-refractivity contribution in [3.05, 3.63) is 64.0 Å². The van der Waals surface area contributed by atoms with Gasteiger partial charge in [0.05, 0.1) is 11.7 Å². The molecule has 0 saturated carbocycles. The molecular weight excluding hydrogens is 342 g/mol. The summed E-state index contributed by atoms with van der Waals surface area (Å²) in [5.74, 6) is -1.01. The van der Waals surface area contributed by atoms with Gasteiger partial charge in [0.1, 0.15) is 24.5 Å². The van der Waals surface area contributed by atoms with Crippen LogP contribution >= 0.6 is 11.3 Å². The topological polar surface area (TPSA) is 90.3 Å². The van der Waals surface area contributed by atoms with Crippen molar-refractivity contribution >= 4 is 33.4 Å². The maximum Gasteiger partial charge on any atom is 0.325 e. The molecule has 1 N–H and O–H groups in total. The highest BCUT2D eigenvalue weighted by molar-refractivity contribution is 7.16. The van der Waals surface area contributed by atoms with Crippen molar-refractivity contribution in [2.45, 2.75) is 13.2 Å². The summed E-state index contributed by atoms with van der Waals surface area (Å²) < 4.78 is 6.27. The summed E-state index contributed by atoms with van der Waals surface area (Å²) in [6.07, 6.45) is 1.33. The van der Waals surface area contributed by atoms with Gasteiger partial charge in [-0.1, -0.05) is 30.3 Å². The van der Waals surface area contributed by atoms with Crippen LogP contribution in [0, 0.1) is 0 Å². The number of amides is 1. The summed E-state index contributed by atoms with van der Waals surface area (Å²) in [6.45, 7) is -0.314. The van der Waals surface area contributed by atoms with Crippen molar-refractivity contribution in [3.8, 4) is 0 Å². The number of thiophene rings is 1. The lowest BCUT2D eigenvalue weighted by atomic mass is 10.2. The maximum absolute atomic E-state index is 12.2. The van der Waals surface area contributed by atoms with Crippen LogP contribution in [0.25, 0.3) is 10.2 Å². The molecule has 0 aliphatic rings. The van der Waals surface area contributed by atoms with Gasteiger partial charge in [-0.2, -0.15) is 0 Å². The molecule has 0 radical (unpaired) electrons. The van der Waals surface area contributed by atoms with E-state index in [4.69, 9.17) is 4.74 Å². The number of fused-ring (bicyclic) bond motifs is 1. The first kappa shape index (κ1) is 16.8. The van der Waals surface area contributed by atoms with Gasteiger partial charge in [0.25, 0.3) is 5.56 Å². The third-order valence-corrected chi connectivity index (χ3v) is 4.26. The number of aromatic nitrogens is 2. The van der Waals surface area contributed by atoms with E-state index in [9.17, 15) is 14.4 Å². The molecule has 2 heterocycles. The lowest BCUT2D eigenvalue weighted by Gasteiger charge is -2.08. The minimum Gasteiger partial charge on any atom is -0.460 e. The normalized spacial score (nSPS) is 10.6. The van der Waals surface area contributed by atoms with E-state index >= 15 is 0 Å². The fourth-order valence-electron chi connectivity index (χ4n) is 2.18. The summed E-state index contributed by atoms with van der Waals surface area (Å²) >= 11 is 1.36. The van der Waals surface area contributed by atoms with Gasteiger partial charge in [-0.15, -0.1) is 11.3 Å². The largest absolute Gasteiger partial charge is 0.460 e. The Kier molecular flexibility index (Phi) is 5.20. The van der Waals surface area contributed by atoms with Crippen LogP contribution in [0.2, 0.25) is 0 Å². The molecule has 128 valence electrons. The Labute approximate surface area is 146 Å². The highest BCUT2D eigenvalue weighted by atomic mass is 32.1. The molecule has 0 aliphatic heterocycles. The summed E-state index contributed by atoms with van der Waals surface area (Å²) in [4.78, 5) is 40.5. The smallest absolute Gasteiger partial charge is 0.325 e. The van der Waals surface area contributed by atoms with E-state index in [1.807, 2.05) is 30.3 Å². The highest BCUT2D eigenvalue weighted by Crippen LogP contribution is 2.13. The second-order valence-corrected chi connectivity index (χ2v) is 6.13. The Balaban J connectivity index is 1.49. The Morgan fingerprint density at radius 1 is 1.20 bits per heavy atom. The molecule has 0 saturated heterocycles. The summed E-state index contributed by atoms with van der Waals surface area (Å²) in [7, 11) is 0. The molecule has 0 atom stereocenters. The first-order chi connectivity index (χ1) is 12.1. The van der Waals surface area contributed by atoms with E-state index in [2.05, 4.69) is 10.3 Å². The molecular formula is C17H15N3O4S. The van der Waals surface area contributed by atoms with Crippen molar-refractivity contribution in [2.75, 3.05) is 6.54 Å². The molecule has 1 aromatic carbocycles. The summed E-state index contributed by atoms with van der Waals surface area (Å²) in [5, 5.41) is 4.68. The van der Waals surface area contributed by atoms with Gasteiger partial charge < -0.3 is 10.1 Å². The first-order valence-corrected chi connectivity index (χ1v) is 8.40. The lowest BCUT2D eigenvalue weighted by Crippen LogP contribution is -2.35. The average Bonchev–Trinajstić information content (AvgIpc) is 3.11. The quantitative estimate of drug-likeness (QED) is 0.672. The van der Waals surface area contributed by atoms with Crippen LogP contribution in [0.1, 0.15) is 5.56 Å². The Morgan fingerprint density at radius 2 is 2.00 bits per heavy atom. The molecule has 3 rings (SSSR count). The van der Waals surface area contributed by atoms with E-state index in [0.717, 1.165) is 5.56 Å². The van der Waals surface area contributed by atoms with Gasteiger partial charge in [-0.3, -0.25) is 19.0 Å². The SMILES string of the molecule is O=C(Cn1cnc2sccc2c1=O)NCC(=O)OCc1ccccc1. The van der Waals surface area contributed by atoms with Crippen molar-refractivity contribution < 1.29 is 14.3 Å². The fourth-order valence-corrected chi connectivity index (χ4v) is 2.90. The third kappa shape index (κ3) is 4.30. The van der Waals surface area contributed by atoms with Crippen LogP contribution in [0.15, 0.2) is 52.9 Å². The van der Waals surface area contributed by atoms with Crippen LogP contribution in [0.5, 0.6) is 0 Å². The van der Waals surface area contributed by atoms with E-state index in [-0.39, 0.29) is 25.3 Å². The summed E-state index contributed by atoms with van der Waals surface area (Å²) in [5.41, 5.74) is 0.580. The van der Waals surface area contributed by atoms with Crippen molar-refractivity contribution in [1.29, 1.82) is 0 Å². The minimum absolute atomic E-state index is 0.147.